The first-order valence-electron chi connectivity index (χ1n) is 9.04. The van der Waals surface area contributed by atoms with Crippen LogP contribution in [0, 0.1) is 0 Å². The van der Waals surface area contributed by atoms with Gasteiger partial charge in [-0.2, -0.15) is 12.6 Å². The lowest BCUT2D eigenvalue weighted by molar-refractivity contribution is -0.272. The van der Waals surface area contributed by atoms with Gasteiger partial charge < -0.3 is 9.47 Å². The van der Waals surface area contributed by atoms with E-state index in [9.17, 15) is 21.6 Å². The molecule has 0 spiro atoms. The van der Waals surface area contributed by atoms with Gasteiger partial charge in [0.15, 0.2) is 11.5 Å². The molecule has 3 rings (SSSR count). The van der Waals surface area contributed by atoms with Crippen molar-refractivity contribution in [3.63, 3.8) is 0 Å². The number of halogens is 3. The van der Waals surface area contributed by atoms with Crippen LogP contribution in [0.3, 0.4) is 0 Å². The summed E-state index contributed by atoms with van der Waals surface area (Å²) >= 11 is 0. The number of methoxy groups -OCH3 is 1. The molecule has 2 aliphatic carbocycles. The average Bonchev–Trinajstić information content (AvgIpc) is 3.24. The summed E-state index contributed by atoms with van der Waals surface area (Å²) in [6.45, 7) is 0. The predicted molar refractivity (Wildman–Crippen MR) is 92.3 cm³/mol. The molecule has 0 N–H and O–H groups in total. The van der Waals surface area contributed by atoms with Gasteiger partial charge in [-0.05, 0) is 68.6 Å². The number of rotatable bonds is 6. The van der Waals surface area contributed by atoms with E-state index in [0.717, 1.165) is 31.2 Å². The van der Waals surface area contributed by atoms with Crippen molar-refractivity contribution < 1.29 is 35.2 Å². The first-order valence-corrected chi connectivity index (χ1v) is 10.5. The molecule has 5 nitrogen and oxygen atoms in total. The molecule has 0 bridgehead atoms. The number of alkyl halides is 3. The molecule has 0 saturated heterocycles. The van der Waals surface area contributed by atoms with Crippen molar-refractivity contribution in [2.24, 2.45) is 0 Å². The second-order valence-electron chi connectivity index (χ2n) is 7.09. The minimum Gasteiger partial charge on any atom is -0.493 e. The zero-order chi connectivity index (χ0) is 19.7. The van der Waals surface area contributed by atoms with Crippen LogP contribution in [0.4, 0.5) is 13.2 Å². The van der Waals surface area contributed by atoms with E-state index in [1.807, 2.05) is 12.1 Å². The van der Waals surface area contributed by atoms with Crippen LogP contribution >= 0.6 is 0 Å². The summed E-state index contributed by atoms with van der Waals surface area (Å²) in [5, 5.41) is -1.16. The quantitative estimate of drug-likeness (QED) is 0.648. The van der Waals surface area contributed by atoms with Crippen LogP contribution < -0.4 is 9.47 Å². The molecular weight excluding hydrogens is 385 g/mol. The number of ether oxygens (including phenoxy) is 2. The van der Waals surface area contributed by atoms with Crippen molar-refractivity contribution in [2.45, 2.75) is 68.6 Å². The monoisotopic (exact) mass is 408 g/mol. The number of hydrogen-bond donors (Lipinski definition) is 0. The van der Waals surface area contributed by atoms with Crippen LogP contribution in [0.5, 0.6) is 11.5 Å². The molecule has 2 atom stereocenters. The zero-order valence-electron chi connectivity index (χ0n) is 15.0. The molecule has 1 aromatic rings. The van der Waals surface area contributed by atoms with Crippen LogP contribution in [-0.2, 0) is 14.3 Å². The van der Waals surface area contributed by atoms with E-state index in [2.05, 4.69) is 4.18 Å². The lowest BCUT2D eigenvalue weighted by Crippen LogP contribution is -2.27. The summed E-state index contributed by atoms with van der Waals surface area (Å²) in [6, 6.07) is 5.39. The maximum absolute atomic E-state index is 12.3. The molecule has 152 valence electrons. The van der Waals surface area contributed by atoms with Gasteiger partial charge >= 0.3 is 6.36 Å². The Morgan fingerprint density at radius 3 is 2.37 bits per heavy atom. The molecule has 0 radical (unpaired) electrons. The van der Waals surface area contributed by atoms with Gasteiger partial charge in [0.25, 0.3) is 10.1 Å². The molecule has 0 aliphatic heterocycles. The van der Waals surface area contributed by atoms with Crippen molar-refractivity contribution in [1.29, 1.82) is 0 Å². The maximum atomic E-state index is 12.3. The third-order valence-corrected chi connectivity index (χ3v) is 6.92. The Labute approximate surface area is 156 Å². The Bertz CT molecular complexity index is 757. The Kier molecular flexibility index (Phi) is 5.90. The van der Waals surface area contributed by atoms with Gasteiger partial charge in [0, 0.05) is 0 Å². The van der Waals surface area contributed by atoms with Crippen LogP contribution in [0.1, 0.15) is 56.4 Å². The minimum absolute atomic E-state index is 0.0909. The molecule has 0 amide bonds. The molecule has 27 heavy (non-hydrogen) atoms. The summed E-state index contributed by atoms with van der Waals surface area (Å²) in [5.74, 6) is 1.02. The van der Waals surface area contributed by atoms with Crippen molar-refractivity contribution in [3.8, 4) is 11.5 Å². The maximum Gasteiger partial charge on any atom is 0.537 e. The van der Waals surface area contributed by atoms with Crippen molar-refractivity contribution in [2.75, 3.05) is 7.11 Å². The fraction of sp³-hybridized carbons (Fsp3) is 0.667. The summed E-state index contributed by atoms with van der Waals surface area (Å²) in [5.41, 5.74) is 0.841. The highest BCUT2D eigenvalue weighted by Gasteiger charge is 2.43. The van der Waals surface area contributed by atoms with Gasteiger partial charge in [0.05, 0.1) is 18.5 Å². The smallest absolute Gasteiger partial charge is 0.493 e. The highest BCUT2D eigenvalue weighted by atomic mass is 32.2. The molecule has 0 heterocycles. The first-order chi connectivity index (χ1) is 12.7. The number of hydrogen-bond acceptors (Lipinski definition) is 5. The lowest BCUT2D eigenvalue weighted by atomic mass is 9.97. The lowest BCUT2D eigenvalue weighted by Gasteiger charge is -2.19. The molecule has 9 heteroatoms. The Hall–Kier alpha value is -1.48. The molecule has 2 saturated carbocycles. The zero-order valence-corrected chi connectivity index (χ0v) is 15.8. The molecule has 1 aromatic carbocycles. The van der Waals surface area contributed by atoms with Gasteiger partial charge in [-0.3, -0.25) is 0 Å². The third-order valence-electron chi connectivity index (χ3n) is 5.26. The van der Waals surface area contributed by atoms with Gasteiger partial charge in [0.2, 0.25) is 0 Å². The van der Waals surface area contributed by atoms with E-state index in [0.29, 0.717) is 17.9 Å². The van der Waals surface area contributed by atoms with Crippen molar-refractivity contribution in [1.82, 2.24) is 0 Å². The second kappa shape index (κ2) is 7.87. The molecule has 2 unspecified atom stereocenters. The fourth-order valence-corrected chi connectivity index (χ4v) is 5.22. The summed E-state index contributed by atoms with van der Waals surface area (Å²) in [6.07, 6.45) is -0.174. The average molecular weight is 408 g/mol. The second-order valence-corrected chi connectivity index (χ2v) is 8.91. The summed E-state index contributed by atoms with van der Waals surface area (Å²) in [7, 11) is -3.14. The van der Waals surface area contributed by atoms with E-state index in [1.54, 1.807) is 13.2 Å². The van der Waals surface area contributed by atoms with E-state index in [-0.39, 0.29) is 24.9 Å². The van der Waals surface area contributed by atoms with Crippen LogP contribution in [-0.4, -0.2) is 33.2 Å². The third kappa shape index (κ3) is 5.07. The van der Waals surface area contributed by atoms with Gasteiger partial charge in [-0.1, -0.05) is 6.07 Å². The normalized spacial score (nSPS) is 24.3. The van der Waals surface area contributed by atoms with Crippen LogP contribution in [0.15, 0.2) is 18.2 Å². The fourth-order valence-electron chi connectivity index (χ4n) is 3.93. The number of benzene rings is 1. The highest BCUT2D eigenvalue weighted by Crippen LogP contribution is 2.42. The first kappa shape index (κ1) is 20.3. The minimum atomic E-state index is -5.20. The summed E-state index contributed by atoms with van der Waals surface area (Å²) in [4.78, 5) is 0. The van der Waals surface area contributed by atoms with E-state index < -0.39 is 21.7 Å². The Morgan fingerprint density at radius 2 is 1.74 bits per heavy atom. The largest absolute Gasteiger partial charge is 0.537 e. The predicted octanol–water partition coefficient (Wildman–Crippen LogP) is 4.52. The highest BCUT2D eigenvalue weighted by molar-refractivity contribution is 7.87. The van der Waals surface area contributed by atoms with Gasteiger partial charge in [-0.25, -0.2) is 0 Å². The van der Waals surface area contributed by atoms with E-state index in [4.69, 9.17) is 9.47 Å². The van der Waals surface area contributed by atoms with Gasteiger partial charge in [-0.15, -0.1) is 13.2 Å². The SMILES string of the molecule is COc1ccc(C2CCC(S(=O)(=O)OC(F)(F)F)C2)cc1OC1CCCC1. The van der Waals surface area contributed by atoms with Crippen LogP contribution in [0.2, 0.25) is 0 Å². The van der Waals surface area contributed by atoms with Crippen molar-refractivity contribution in [3.05, 3.63) is 23.8 Å². The molecule has 0 aromatic heterocycles. The Morgan fingerprint density at radius 1 is 1.04 bits per heavy atom. The molecular formula is C18H23F3O5S. The summed E-state index contributed by atoms with van der Waals surface area (Å²) < 4.78 is 75.4. The Balaban J connectivity index is 1.73. The topological polar surface area (TPSA) is 61.8 Å². The van der Waals surface area contributed by atoms with Gasteiger partial charge in [0.1, 0.15) is 0 Å². The molecule has 2 fully saturated rings. The van der Waals surface area contributed by atoms with Crippen molar-refractivity contribution >= 4 is 10.1 Å². The van der Waals surface area contributed by atoms with Crippen LogP contribution in [0.25, 0.3) is 0 Å². The van der Waals surface area contributed by atoms with E-state index >= 15 is 0 Å². The standard InChI is InChI=1S/C18H23F3O5S/c1-24-16-9-7-13(11-17(16)25-14-4-2-3-5-14)12-6-8-15(10-12)27(22,23)26-18(19,20)21/h7,9,11-12,14-15H,2-6,8,10H2,1H3. The van der Waals surface area contributed by atoms with E-state index in [1.165, 1.54) is 0 Å². The molecule has 2 aliphatic rings.